The van der Waals surface area contributed by atoms with Gasteiger partial charge in [-0.05, 0) is 90.8 Å². The molecule has 0 bridgehead atoms. The zero-order valence-electron chi connectivity index (χ0n) is 20.2. The molecule has 0 aromatic carbocycles. The highest BCUT2D eigenvalue weighted by molar-refractivity contribution is 5.77. The Morgan fingerprint density at radius 2 is 1.77 bits per heavy atom. The van der Waals surface area contributed by atoms with Gasteiger partial charge in [-0.1, -0.05) is 53.9 Å². The van der Waals surface area contributed by atoms with Crippen molar-refractivity contribution in [2.75, 3.05) is 6.67 Å². The normalized spacial score (nSPS) is 46.7. The summed E-state index contributed by atoms with van der Waals surface area (Å²) in [6.45, 7) is 12.0. The Labute approximate surface area is 184 Å². The average molecular weight is 420 g/mol. The molecule has 1 aliphatic heterocycles. The first-order valence-electron chi connectivity index (χ1n) is 13.1. The number of amides is 1. The first-order valence-corrected chi connectivity index (χ1v) is 13.1. The van der Waals surface area contributed by atoms with Crippen molar-refractivity contribution in [3.63, 3.8) is 0 Å². The summed E-state index contributed by atoms with van der Waals surface area (Å²) < 4.78 is 14.4. The second kappa shape index (κ2) is 8.39. The van der Waals surface area contributed by atoms with Gasteiger partial charge in [-0.2, -0.15) is 0 Å². The largest absolute Gasteiger partial charge is 0.353 e. The maximum atomic E-state index is 14.4. The molecule has 1 amide bonds. The number of alkyl halides is 1. The van der Waals surface area contributed by atoms with Gasteiger partial charge >= 0.3 is 0 Å². The van der Waals surface area contributed by atoms with E-state index >= 15 is 0 Å². The van der Waals surface area contributed by atoms with Gasteiger partial charge in [0.15, 0.2) is 0 Å². The number of hydrogen-bond acceptors (Lipinski definition) is 1. The van der Waals surface area contributed by atoms with Crippen molar-refractivity contribution in [1.82, 2.24) is 5.32 Å². The Kier molecular flexibility index (Phi) is 6.32. The summed E-state index contributed by atoms with van der Waals surface area (Å²) in [7, 11) is 0. The number of nitrogens with one attached hydrogen (secondary N) is 1. The number of carbonyl (C=O) groups excluding carboxylic acids is 1. The lowest BCUT2D eigenvalue weighted by molar-refractivity contribution is -0.147. The lowest BCUT2D eigenvalue weighted by atomic mass is 9.44. The van der Waals surface area contributed by atoms with E-state index in [4.69, 9.17) is 0 Å². The Bertz CT molecular complexity index is 634. The molecule has 1 saturated heterocycles. The van der Waals surface area contributed by atoms with E-state index in [2.05, 4.69) is 39.9 Å². The highest BCUT2D eigenvalue weighted by atomic mass is 19.1. The van der Waals surface area contributed by atoms with E-state index in [1.54, 1.807) is 0 Å². The molecule has 1 N–H and O–H groups in total. The van der Waals surface area contributed by atoms with Gasteiger partial charge in [-0.3, -0.25) is 9.18 Å². The van der Waals surface area contributed by atoms with E-state index in [0.29, 0.717) is 29.6 Å². The lowest BCUT2D eigenvalue weighted by Crippen LogP contribution is -2.63. The summed E-state index contributed by atoms with van der Waals surface area (Å²) >= 11 is 0. The first-order chi connectivity index (χ1) is 14.2. The fourth-order valence-electron chi connectivity index (χ4n) is 9.03. The molecule has 3 aliphatic carbocycles. The third-order valence-corrected chi connectivity index (χ3v) is 10.7. The fourth-order valence-corrected chi connectivity index (χ4v) is 9.03. The molecule has 4 aliphatic rings. The summed E-state index contributed by atoms with van der Waals surface area (Å²) in [5.74, 6) is 4.54. The quantitative estimate of drug-likeness (QED) is 0.505. The molecule has 1 heterocycles. The topological polar surface area (TPSA) is 29.1 Å². The molecule has 4 fully saturated rings. The highest BCUT2D eigenvalue weighted by Gasteiger charge is 2.63. The summed E-state index contributed by atoms with van der Waals surface area (Å²) in [5, 5.41) is 3.28. The Morgan fingerprint density at radius 3 is 2.47 bits per heavy atom. The summed E-state index contributed by atoms with van der Waals surface area (Å²) in [5.41, 5.74) is 0.569. The van der Waals surface area contributed by atoms with E-state index in [-0.39, 0.29) is 30.0 Å². The van der Waals surface area contributed by atoms with E-state index in [1.165, 1.54) is 44.9 Å². The van der Waals surface area contributed by atoms with Gasteiger partial charge in [0.1, 0.15) is 0 Å². The highest BCUT2D eigenvalue weighted by Crippen LogP contribution is 2.67. The van der Waals surface area contributed by atoms with Crippen LogP contribution in [-0.2, 0) is 4.79 Å². The molecule has 9 unspecified atom stereocenters. The zero-order chi connectivity index (χ0) is 21.7. The molecule has 172 valence electrons. The minimum atomic E-state index is -0.204. The van der Waals surface area contributed by atoms with Crippen LogP contribution in [0.25, 0.3) is 0 Å². The molecule has 9 atom stereocenters. The van der Waals surface area contributed by atoms with Gasteiger partial charge in [-0.15, -0.1) is 0 Å². The van der Waals surface area contributed by atoms with Crippen LogP contribution in [0.4, 0.5) is 4.39 Å². The molecule has 2 nitrogen and oxygen atoms in total. The van der Waals surface area contributed by atoms with Crippen LogP contribution in [0.2, 0.25) is 0 Å². The average Bonchev–Trinajstić information content (AvgIpc) is 3.05. The third kappa shape index (κ3) is 3.64. The number of hydrogen-bond donors (Lipinski definition) is 1. The standard InChI is InChI=1S/C27H46FNO/c1-17(2)7-6-8-18(3)20-9-10-21-25-19(16-28)15-23-27(5,14-12-24(30)29-23)22(25)11-13-26(20,21)4/h17-23,25H,6-16H2,1-5H3,(H,29,30). The van der Waals surface area contributed by atoms with Gasteiger partial charge in [-0.25, -0.2) is 0 Å². The molecular weight excluding hydrogens is 373 g/mol. The molecule has 3 saturated carbocycles. The van der Waals surface area contributed by atoms with Crippen LogP contribution in [0.3, 0.4) is 0 Å². The second-order valence-corrected chi connectivity index (χ2v) is 12.6. The summed E-state index contributed by atoms with van der Waals surface area (Å²) in [6.07, 6.45) is 11.8. The predicted molar refractivity (Wildman–Crippen MR) is 122 cm³/mol. The number of fused-ring (bicyclic) bond motifs is 5. The van der Waals surface area contributed by atoms with Crippen LogP contribution >= 0.6 is 0 Å². The van der Waals surface area contributed by atoms with Crippen molar-refractivity contribution in [3.05, 3.63) is 0 Å². The van der Waals surface area contributed by atoms with Crippen LogP contribution in [0.1, 0.15) is 98.8 Å². The van der Waals surface area contributed by atoms with Crippen LogP contribution in [-0.4, -0.2) is 18.6 Å². The smallest absolute Gasteiger partial charge is 0.220 e. The third-order valence-electron chi connectivity index (χ3n) is 10.7. The number of piperidine rings is 1. The molecule has 30 heavy (non-hydrogen) atoms. The van der Waals surface area contributed by atoms with Crippen molar-refractivity contribution < 1.29 is 9.18 Å². The molecular formula is C27H46FNO. The Hall–Kier alpha value is -0.600. The predicted octanol–water partition coefficient (Wildman–Crippen LogP) is 6.78. The zero-order valence-corrected chi connectivity index (χ0v) is 20.2. The molecule has 4 rings (SSSR count). The van der Waals surface area contributed by atoms with E-state index < -0.39 is 0 Å². The van der Waals surface area contributed by atoms with Gasteiger partial charge < -0.3 is 5.32 Å². The van der Waals surface area contributed by atoms with Crippen molar-refractivity contribution >= 4 is 5.91 Å². The molecule has 0 aromatic rings. The Morgan fingerprint density at radius 1 is 1.03 bits per heavy atom. The van der Waals surface area contributed by atoms with Crippen LogP contribution < -0.4 is 5.32 Å². The van der Waals surface area contributed by atoms with Crippen LogP contribution in [0, 0.1) is 52.3 Å². The number of carbonyl (C=O) groups is 1. The van der Waals surface area contributed by atoms with Gasteiger partial charge in [0.2, 0.25) is 5.91 Å². The van der Waals surface area contributed by atoms with Crippen molar-refractivity contribution in [2.45, 2.75) is 105 Å². The van der Waals surface area contributed by atoms with Gasteiger partial charge in [0, 0.05) is 12.5 Å². The van der Waals surface area contributed by atoms with Crippen LogP contribution in [0.15, 0.2) is 0 Å². The lowest BCUT2D eigenvalue weighted by Gasteiger charge is -2.62. The number of halogens is 1. The molecule has 0 aromatic heterocycles. The van der Waals surface area contributed by atoms with Crippen molar-refractivity contribution in [1.29, 1.82) is 0 Å². The maximum Gasteiger partial charge on any atom is 0.220 e. The SMILES string of the molecule is CC(C)CCCC(C)C1CCC2C3C(CF)CC4NC(=O)CCC4(C)C3CCC12C. The van der Waals surface area contributed by atoms with Gasteiger partial charge in [0.05, 0.1) is 6.67 Å². The van der Waals surface area contributed by atoms with Crippen molar-refractivity contribution in [2.24, 2.45) is 52.3 Å². The fraction of sp³-hybridized carbons (Fsp3) is 0.963. The monoisotopic (exact) mass is 419 g/mol. The summed E-state index contributed by atoms with van der Waals surface area (Å²) in [6, 6.07) is 0.192. The van der Waals surface area contributed by atoms with Crippen molar-refractivity contribution in [3.8, 4) is 0 Å². The summed E-state index contributed by atoms with van der Waals surface area (Å²) in [4.78, 5) is 12.1. The van der Waals surface area contributed by atoms with Crippen LogP contribution in [0.5, 0.6) is 0 Å². The minimum Gasteiger partial charge on any atom is -0.353 e. The Balaban J connectivity index is 1.54. The van der Waals surface area contributed by atoms with E-state index in [9.17, 15) is 9.18 Å². The van der Waals surface area contributed by atoms with E-state index in [0.717, 1.165) is 30.6 Å². The second-order valence-electron chi connectivity index (χ2n) is 12.6. The maximum absolute atomic E-state index is 14.4. The van der Waals surface area contributed by atoms with Gasteiger partial charge in [0.25, 0.3) is 0 Å². The minimum absolute atomic E-state index is 0.145. The number of rotatable bonds is 6. The van der Waals surface area contributed by atoms with E-state index in [1.807, 2.05) is 0 Å². The molecule has 3 heteroatoms. The molecule has 0 spiro atoms. The first kappa shape index (κ1) is 22.6. The molecule has 0 radical (unpaired) electrons.